The van der Waals surface area contributed by atoms with Gasteiger partial charge in [0.1, 0.15) is 17.2 Å². The molecule has 0 unspecified atom stereocenters. The van der Waals surface area contributed by atoms with Gasteiger partial charge in [0.2, 0.25) is 0 Å². The van der Waals surface area contributed by atoms with Crippen LogP contribution in [-0.2, 0) is 0 Å². The molecular formula is C19H19ClN4O4. The Hall–Kier alpha value is -3.26. The van der Waals surface area contributed by atoms with Crippen LogP contribution in [0.25, 0.3) is 5.69 Å². The van der Waals surface area contributed by atoms with E-state index in [0.29, 0.717) is 27.9 Å². The van der Waals surface area contributed by atoms with E-state index < -0.39 is 5.91 Å². The first-order chi connectivity index (χ1) is 13.5. The first-order valence-corrected chi connectivity index (χ1v) is 8.66. The summed E-state index contributed by atoms with van der Waals surface area (Å²) < 4.78 is 17.2. The fourth-order valence-corrected chi connectivity index (χ4v) is 2.89. The number of hydrogen-bond acceptors (Lipinski definition) is 6. The predicted molar refractivity (Wildman–Crippen MR) is 105 cm³/mol. The first kappa shape index (κ1) is 19.5. The highest BCUT2D eigenvalue weighted by molar-refractivity contribution is 6.32. The largest absolute Gasteiger partial charge is 0.497 e. The number of nitrogens with zero attached hydrogens (tertiary/aromatic N) is 3. The Bertz CT molecular complexity index is 1000. The number of methoxy groups -OCH3 is 3. The molecule has 3 aromatic rings. The van der Waals surface area contributed by atoms with E-state index in [4.69, 9.17) is 25.8 Å². The standard InChI is InChI=1S/C19H19ClN4O4/c1-11-18(22-23-24(11)12-5-7-13(26-2)8-6-12)19(25)21-15-9-14(20)16(27-3)10-17(15)28-4/h5-10H,1-4H3,(H,21,25). The fraction of sp³-hybridized carbons (Fsp3) is 0.211. The highest BCUT2D eigenvalue weighted by atomic mass is 35.5. The number of halogens is 1. The highest BCUT2D eigenvalue weighted by Gasteiger charge is 2.20. The normalized spacial score (nSPS) is 10.5. The summed E-state index contributed by atoms with van der Waals surface area (Å²) >= 11 is 6.15. The number of carbonyl (C=O) groups is 1. The summed E-state index contributed by atoms with van der Waals surface area (Å²) in [7, 11) is 4.58. The van der Waals surface area contributed by atoms with E-state index in [9.17, 15) is 4.79 Å². The minimum atomic E-state index is -0.434. The van der Waals surface area contributed by atoms with Crippen LogP contribution in [0.3, 0.4) is 0 Å². The third-order valence-electron chi connectivity index (χ3n) is 4.15. The minimum absolute atomic E-state index is 0.185. The summed E-state index contributed by atoms with van der Waals surface area (Å²) in [5.41, 5.74) is 1.93. The van der Waals surface area contributed by atoms with Gasteiger partial charge in [-0.05, 0) is 37.3 Å². The van der Waals surface area contributed by atoms with Gasteiger partial charge in [-0.25, -0.2) is 4.68 Å². The third-order valence-corrected chi connectivity index (χ3v) is 4.44. The van der Waals surface area contributed by atoms with Gasteiger partial charge in [0.25, 0.3) is 5.91 Å². The smallest absolute Gasteiger partial charge is 0.278 e. The lowest BCUT2D eigenvalue weighted by atomic mass is 10.2. The van der Waals surface area contributed by atoms with Crippen molar-refractivity contribution < 1.29 is 19.0 Å². The number of benzene rings is 2. The van der Waals surface area contributed by atoms with Gasteiger partial charge in [0.15, 0.2) is 5.69 Å². The van der Waals surface area contributed by atoms with Crippen molar-refractivity contribution >= 4 is 23.2 Å². The number of amides is 1. The molecule has 0 aliphatic carbocycles. The monoisotopic (exact) mass is 402 g/mol. The SMILES string of the molecule is COc1ccc(-n2nnc(C(=O)Nc3cc(Cl)c(OC)cc3OC)c2C)cc1. The predicted octanol–water partition coefficient (Wildman–Crippen LogP) is 3.51. The zero-order valence-electron chi connectivity index (χ0n) is 15.8. The Morgan fingerprint density at radius 2 is 1.71 bits per heavy atom. The second-order valence-electron chi connectivity index (χ2n) is 5.77. The summed E-state index contributed by atoms with van der Waals surface area (Å²) in [6.45, 7) is 1.76. The third kappa shape index (κ3) is 3.72. The van der Waals surface area contributed by atoms with Crippen molar-refractivity contribution in [2.45, 2.75) is 6.92 Å². The first-order valence-electron chi connectivity index (χ1n) is 8.28. The van der Waals surface area contributed by atoms with Crippen LogP contribution in [-0.4, -0.2) is 42.2 Å². The molecule has 1 amide bonds. The van der Waals surface area contributed by atoms with Gasteiger partial charge >= 0.3 is 0 Å². The molecule has 0 atom stereocenters. The van der Waals surface area contributed by atoms with Crippen molar-refractivity contribution in [3.05, 3.63) is 52.8 Å². The zero-order valence-corrected chi connectivity index (χ0v) is 16.6. The van der Waals surface area contributed by atoms with Crippen LogP contribution < -0.4 is 19.5 Å². The molecule has 0 fully saturated rings. The van der Waals surface area contributed by atoms with Crippen molar-refractivity contribution in [1.82, 2.24) is 15.0 Å². The van der Waals surface area contributed by atoms with E-state index >= 15 is 0 Å². The van der Waals surface area contributed by atoms with Gasteiger partial charge in [-0.1, -0.05) is 16.8 Å². The number of aromatic nitrogens is 3. The van der Waals surface area contributed by atoms with E-state index in [1.165, 1.54) is 14.2 Å². The van der Waals surface area contributed by atoms with Gasteiger partial charge in [-0.15, -0.1) is 5.10 Å². The van der Waals surface area contributed by atoms with Gasteiger partial charge in [-0.3, -0.25) is 4.79 Å². The van der Waals surface area contributed by atoms with Crippen molar-refractivity contribution in [2.75, 3.05) is 26.6 Å². The Kier molecular flexibility index (Phi) is 5.70. The molecule has 0 spiro atoms. The number of ether oxygens (including phenoxy) is 3. The second kappa shape index (κ2) is 8.18. The molecule has 0 radical (unpaired) electrons. The molecule has 0 aliphatic heterocycles. The van der Waals surface area contributed by atoms with Crippen molar-refractivity contribution in [1.29, 1.82) is 0 Å². The van der Waals surface area contributed by atoms with Crippen molar-refractivity contribution in [3.63, 3.8) is 0 Å². The molecule has 1 N–H and O–H groups in total. The topological polar surface area (TPSA) is 87.5 Å². The summed E-state index contributed by atoms with van der Waals surface area (Å²) in [5.74, 6) is 1.15. The maximum Gasteiger partial charge on any atom is 0.278 e. The number of rotatable bonds is 6. The van der Waals surface area contributed by atoms with Crippen LogP contribution in [0.4, 0.5) is 5.69 Å². The van der Waals surface area contributed by atoms with Gasteiger partial charge < -0.3 is 19.5 Å². The average molecular weight is 403 g/mol. The van der Waals surface area contributed by atoms with Gasteiger partial charge in [-0.2, -0.15) is 0 Å². The highest BCUT2D eigenvalue weighted by Crippen LogP contribution is 2.36. The van der Waals surface area contributed by atoms with Crippen molar-refractivity contribution in [2.24, 2.45) is 0 Å². The lowest BCUT2D eigenvalue weighted by Gasteiger charge is -2.12. The van der Waals surface area contributed by atoms with Crippen LogP contribution in [0.15, 0.2) is 36.4 Å². The number of hydrogen-bond donors (Lipinski definition) is 1. The van der Waals surface area contributed by atoms with Crippen LogP contribution in [0.2, 0.25) is 5.02 Å². The molecule has 3 rings (SSSR count). The molecular weight excluding hydrogens is 384 g/mol. The number of anilines is 1. The second-order valence-corrected chi connectivity index (χ2v) is 6.18. The van der Waals surface area contributed by atoms with Crippen LogP contribution in [0, 0.1) is 6.92 Å². The summed E-state index contributed by atoms with van der Waals surface area (Å²) in [6, 6.07) is 10.4. The molecule has 1 heterocycles. The number of carbonyl (C=O) groups excluding carboxylic acids is 1. The van der Waals surface area contributed by atoms with E-state index in [-0.39, 0.29) is 5.69 Å². The van der Waals surface area contributed by atoms with Crippen LogP contribution in [0.5, 0.6) is 17.2 Å². The molecule has 9 heteroatoms. The van der Waals surface area contributed by atoms with E-state index in [1.54, 1.807) is 43.0 Å². The molecule has 28 heavy (non-hydrogen) atoms. The maximum absolute atomic E-state index is 12.7. The summed E-state index contributed by atoms with van der Waals surface area (Å²) in [6.07, 6.45) is 0. The Labute approximate surface area is 167 Å². The molecule has 0 aliphatic rings. The summed E-state index contributed by atoms with van der Waals surface area (Å²) in [4.78, 5) is 12.7. The molecule has 2 aromatic carbocycles. The molecule has 0 saturated carbocycles. The van der Waals surface area contributed by atoms with E-state index in [0.717, 1.165) is 11.4 Å². The lowest BCUT2D eigenvalue weighted by Crippen LogP contribution is -2.15. The Morgan fingerprint density at radius 3 is 2.32 bits per heavy atom. The fourth-order valence-electron chi connectivity index (χ4n) is 2.65. The van der Waals surface area contributed by atoms with Crippen LogP contribution >= 0.6 is 11.6 Å². The lowest BCUT2D eigenvalue weighted by molar-refractivity contribution is 0.102. The van der Waals surface area contributed by atoms with Crippen LogP contribution in [0.1, 0.15) is 16.2 Å². The average Bonchev–Trinajstić information content (AvgIpc) is 3.09. The Balaban J connectivity index is 1.88. The van der Waals surface area contributed by atoms with E-state index in [2.05, 4.69) is 15.6 Å². The molecule has 0 saturated heterocycles. The molecule has 146 valence electrons. The minimum Gasteiger partial charge on any atom is -0.497 e. The number of nitrogens with one attached hydrogen (secondary N) is 1. The maximum atomic E-state index is 12.7. The van der Waals surface area contributed by atoms with Gasteiger partial charge in [0.05, 0.1) is 43.4 Å². The van der Waals surface area contributed by atoms with E-state index in [1.807, 2.05) is 12.1 Å². The Morgan fingerprint density at radius 1 is 1.04 bits per heavy atom. The van der Waals surface area contributed by atoms with Gasteiger partial charge in [0, 0.05) is 6.07 Å². The molecule has 8 nitrogen and oxygen atoms in total. The van der Waals surface area contributed by atoms with Crippen molar-refractivity contribution in [3.8, 4) is 22.9 Å². The molecule has 1 aromatic heterocycles. The quantitative estimate of drug-likeness (QED) is 0.678. The molecule has 0 bridgehead atoms. The zero-order chi connectivity index (χ0) is 20.3. The summed E-state index contributed by atoms with van der Waals surface area (Å²) in [5, 5.41) is 11.2.